The van der Waals surface area contributed by atoms with Crippen LogP contribution in [0.25, 0.3) is 0 Å². The molecule has 0 aliphatic carbocycles. The minimum atomic E-state index is -0.112. The maximum absolute atomic E-state index is 5.94. The molecule has 0 heterocycles. The molecule has 0 aromatic heterocycles. The van der Waals surface area contributed by atoms with Gasteiger partial charge in [0.2, 0.25) is 0 Å². The molecule has 0 saturated heterocycles. The van der Waals surface area contributed by atoms with E-state index in [1.165, 1.54) is 0 Å². The molecule has 3 nitrogen and oxygen atoms in total. The van der Waals surface area contributed by atoms with Gasteiger partial charge in [0.1, 0.15) is 0 Å². The lowest BCUT2D eigenvalue weighted by Gasteiger charge is -2.48. The van der Waals surface area contributed by atoms with Crippen LogP contribution in [-0.2, 0) is 14.2 Å². The smallest absolute Gasteiger partial charge is 0.0572 e. The van der Waals surface area contributed by atoms with Gasteiger partial charge in [-0.15, -0.1) is 0 Å². The van der Waals surface area contributed by atoms with Crippen molar-refractivity contribution in [1.29, 1.82) is 0 Å². The van der Waals surface area contributed by atoms with Crippen LogP contribution >= 0.6 is 0 Å². The molecule has 0 radical (unpaired) electrons. The normalized spacial score (nSPS) is 13.6. The molecule has 116 valence electrons. The van der Waals surface area contributed by atoms with Gasteiger partial charge in [0.05, 0.1) is 19.8 Å². The average Bonchev–Trinajstić information content (AvgIpc) is 2.28. The Balaban J connectivity index is 5.06. The van der Waals surface area contributed by atoms with Gasteiger partial charge in [-0.1, -0.05) is 41.5 Å². The fourth-order valence-electron chi connectivity index (χ4n) is 2.34. The second-order valence-corrected chi connectivity index (χ2v) is 6.93. The Morgan fingerprint density at radius 1 is 0.842 bits per heavy atom. The third-order valence-corrected chi connectivity index (χ3v) is 4.48. The maximum atomic E-state index is 5.94. The number of methoxy groups -OCH3 is 2. The second kappa shape index (κ2) is 8.23. The zero-order valence-corrected chi connectivity index (χ0v) is 14.2. The standard InChI is InChI=1S/C16H34O3/c1-13(2)9-19-12-16(10-17-7,11-18-8)15(5,6)14(3)4/h13-14H,9-12H2,1-8H3. The monoisotopic (exact) mass is 274 g/mol. The molecule has 0 aromatic rings. The van der Waals surface area contributed by atoms with Crippen LogP contribution in [0.5, 0.6) is 0 Å². The molecule has 0 N–H and O–H groups in total. The molecule has 0 fully saturated rings. The van der Waals surface area contributed by atoms with Crippen LogP contribution in [0.4, 0.5) is 0 Å². The zero-order chi connectivity index (χ0) is 15.1. The first-order chi connectivity index (χ1) is 8.73. The van der Waals surface area contributed by atoms with Gasteiger partial charge in [0.15, 0.2) is 0 Å². The number of hydrogen-bond acceptors (Lipinski definition) is 3. The maximum Gasteiger partial charge on any atom is 0.0572 e. The quantitative estimate of drug-likeness (QED) is 0.609. The summed E-state index contributed by atoms with van der Waals surface area (Å²) < 4.78 is 16.9. The summed E-state index contributed by atoms with van der Waals surface area (Å²) >= 11 is 0. The predicted octanol–water partition coefficient (Wildman–Crippen LogP) is 3.62. The molecule has 0 atom stereocenters. The SMILES string of the molecule is COCC(COC)(COCC(C)C)C(C)(C)C(C)C. The topological polar surface area (TPSA) is 27.7 Å². The molecule has 3 heteroatoms. The van der Waals surface area contributed by atoms with Crippen LogP contribution in [0, 0.1) is 22.7 Å². The van der Waals surface area contributed by atoms with Gasteiger partial charge in [-0.25, -0.2) is 0 Å². The Morgan fingerprint density at radius 2 is 1.32 bits per heavy atom. The summed E-state index contributed by atoms with van der Waals surface area (Å²) in [5.74, 6) is 1.07. The first-order valence-corrected chi connectivity index (χ1v) is 7.29. The highest BCUT2D eigenvalue weighted by Gasteiger charge is 2.47. The first-order valence-electron chi connectivity index (χ1n) is 7.29. The van der Waals surface area contributed by atoms with Gasteiger partial charge in [-0.2, -0.15) is 0 Å². The van der Waals surface area contributed by atoms with Crippen LogP contribution in [0.3, 0.4) is 0 Å². The highest BCUT2D eigenvalue weighted by Crippen LogP contribution is 2.45. The second-order valence-electron chi connectivity index (χ2n) is 6.93. The number of rotatable bonds is 10. The summed E-state index contributed by atoms with van der Waals surface area (Å²) in [7, 11) is 3.51. The summed E-state index contributed by atoms with van der Waals surface area (Å²) in [6.45, 7) is 16.2. The fourth-order valence-corrected chi connectivity index (χ4v) is 2.34. The van der Waals surface area contributed by atoms with E-state index in [0.717, 1.165) is 6.61 Å². The van der Waals surface area contributed by atoms with Crippen molar-refractivity contribution in [3.8, 4) is 0 Å². The molecule has 0 saturated carbocycles. The largest absolute Gasteiger partial charge is 0.384 e. The van der Waals surface area contributed by atoms with Crippen LogP contribution < -0.4 is 0 Å². The van der Waals surface area contributed by atoms with E-state index >= 15 is 0 Å². The van der Waals surface area contributed by atoms with Crippen LogP contribution in [0.15, 0.2) is 0 Å². The van der Waals surface area contributed by atoms with E-state index in [-0.39, 0.29) is 10.8 Å². The van der Waals surface area contributed by atoms with E-state index in [1.807, 2.05) is 0 Å². The third-order valence-electron chi connectivity index (χ3n) is 4.48. The van der Waals surface area contributed by atoms with E-state index in [9.17, 15) is 0 Å². The Kier molecular flexibility index (Phi) is 8.18. The lowest BCUT2D eigenvalue weighted by Crippen LogP contribution is -2.51. The van der Waals surface area contributed by atoms with Crippen molar-refractivity contribution in [2.75, 3.05) is 40.6 Å². The molecule has 19 heavy (non-hydrogen) atoms. The molecular weight excluding hydrogens is 240 g/mol. The molecule has 0 aliphatic rings. The van der Waals surface area contributed by atoms with Crippen molar-refractivity contribution in [3.63, 3.8) is 0 Å². The summed E-state index contributed by atoms with van der Waals surface area (Å²) in [5, 5.41) is 0. The highest BCUT2D eigenvalue weighted by atomic mass is 16.5. The predicted molar refractivity (Wildman–Crippen MR) is 80.5 cm³/mol. The van der Waals surface area contributed by atoms with Crippen molar-refractivity contribution < 1.29 is 14.2 Å². The molecule has 0 rings (SSSR count). The zero-order valence-electron chi connectivity index (χ0n) is 14.2. The van der Waals surface area contributed by atoms with Crippen molar-refractivity contribution in [2.45, 2.75) is 41.5 Å². The van der Waals surface area contributed by atoms with Crippen LogP contribution in [0.1, 0.15) is 41.5 Å². The van der Waals surface area contributed by atoms with Gasteiger partial charge in [-0.05, 0) is 17.3 Å². The van der Waals surface area contributed by atoms with E-state index in [2.05, 4.69) is 41.5 Å². The van der Waals surface area contributed by atoms with Crippen molar-refractivity contribution in [3.05, 3.63) is 0 Å². The van der Waals surface area contributed by atoms with Gasteiger partial charge >= 0.3 is 0 Å². The summed E-state index contributed by atoms with van der Waals surface area (Å²) in [6, 6.07) is 0. The van der Waals surface area contributed by atoms with Crippen molar-refractivity contribution in [1.82, 2.24) is 0 Å². The summed E-state index contributed by atoms with van der Waals surface area (Å²) in [4.78, 5) is 0. The van der Waals surface area contributed by atoms with Gasteiger partial charge < -0.3 is 14.2 Å². The average molecular weight is 274 g/mol. The first kappa shape index (κ1) is 18.9. The fraction of sp³-hybridized carbons (Fsp3) is 1.00. The molecular formula is C16H34O3. The highest BCUT2D eigenvalue weighted by molar-refractivity contribution is 4.95. The van der Waals surface area contributed by atoms with E-state index < -0.39 is 0 Å². The van der Waals surface area contributed by atoms with Crippen LogP contribution in [0.2, 0.25) is 0 Å². The van der Waals surface area contributed by atoms with Gasteiger partial charge in [-0.3, -0.25) is 0 Å². The number of hydrogen-bond donors (Lipinski definition) is 0. The summed E-state index contributed by atoms with van der Waals surface area (Å²) in [5.41, 5.74) is -0.0322. The molecule has 0 bridgehead atoms. The van der Waals surface area contributed by atoms with E-state index in [1.54, 1.807) is 14.2 Å². The van der Waals surface area contributed by atoms with Crippen molar-refractivity contribution in [2.24, 2.45) is 22.7 Å². The minimum Gasteiger partial charge on any atom is -0.384 e. The van der Waals surface area contributed by atoms with Crippen LogP contribution in [-0.4, -0.2) is 40.6 Å². The molecule has 0 spiro atoms. The van der Waals surface area contributed by atoms with Crippen molar-refractivity contribution >= 4 is 0 Å². The van der Waals surface area contributed by atoms with Gasteiger partial charge in [0, 0.05) is 26.2 Å². The lowest BCUT2D eigenvalue weighted by molar-refractivity contribution is -0.132. The van der Waals surface area contributed by atoms with E-state index in [4.69, 9.17) is 14.2 Å². The lowest BCUT2D eigenvalue weighted by atomic mass is 9.61. The Hall–Kier alpha value is -0.120. The Labute approximate surface area is 120 Å². The Morgan fingerprint density at radius 3 is 1.63 bits per heavy atom. The minimum absolute atomic E-state index is 0.0794. The third kappa shape index (κ3) is 5.05. The molecule has 0 unspecified atom stereocenters. The Bertz CT molecular complexity index is 228. The molecule has 0 aliphatic heterocycles. The molecule has 0 amide bonds. The number of ether oxygens (including phenoxy) is 3. The molecule has 0 aromatic carbocycles. The van der Waals surface area contributed by atoms with Gasteiger partial charge in [0.25, 0.3) is 0 Å². The van der Waals surface area contributed by atoms with E-state index in [0.29, 0.717) is 31.7 Å². The summed E-state index contributed by atoms with van der Waals surface area (Å²) in [6.07, 6.45) is 0.